The number of nitrogens with zero attached hydrogens (tertiary/aromatic N) is 1. The van der Waals surface area contributed by atoms with Gasteiger partial charge in [0.15, 0.2) is 8.32 Å². The van der Waals surface area contributed by atoms with Crippen LogP contribution in [0, 0.1) is 0 Å². The van der Waals surface area contributed by atoms with E-state index in [0.717, 1.165) is 23.7 Å². The highest BCUT2D eigenvalue weighted by molar-refractivity contribution is 6.73. The highest BCUT2D eigenvalue weighted by Gasteiger charge is 2.43. The van der Waals surface area contributed by atoms with Crippen LogP contribution in [0.5, 0.6) is 0 Å². The molecule has 1 saturated heterocycles. The lowest BCUT2D eigenvalue weighted by molar-refractivity contribution is -0.137. The standard InChI is InChI=1S/C21H31NO4Si/c1-5-12-19(26-27(6-2,7-3)8-4)20(23)22-18(16-25-21(22)24)15-17-13-10-9-11-14-17/h5,9-11,13-14,18-19H,1,6-8,12,15-16H2,2-4H3/t18-,19+/m0/s1. The molecule has 0 saturated carbocycles. The topological polar surface area (TPSA) is 55.8 Å². The number of imide groups is 1. The van der Waals surface area contributed by atoms with E-state index in [1.165, 1.54) is 4.90 Å². The number of carbonyl (C=O) groups is 2. The summed E-state index contributed by atoms with van der Waals surface area (Å²) >= 11 is 0. The van der Waals surface area contributed by atoms with Gasteiger partial charge in [-0.15, -0.1) is 6.58 Å². The monoisotopic (exact) mass is 389 g/mol. The van der Waals surface area contributed by atoms with Crippen molar-refractivity contribution < 1.29 is 18.8 Å². The number of ether oxygens (including phenoxy) is 1. The fraction of sp³-hybridized carbons (Fsp3) is 0.524. The number of hydrogen-bond donors (Lipinski definition) is 0. The van der Waals surface area contributed by atoms with E-state index in [1.807, 2.05) is 30.3 Å². The molecule has 0 bridgehead atoms. The molecule has 2 atom stereocenters. The van der Waals surface area contributed by atoms with E-state index in [0.29, 0.717) is 12.8 Å². The Morgan fingerprint density at radius 1 is 1.30 bits per heavy atom. The molecule has 6 heteroatoms. The summed E-state index contributed by atoms with van der Waals surface area (Å²) in [6, 6.07) is 12.4. The molecular weight excluding hydrogens is 358 g/mol. The second-order valence-electron chi connectivity index (χ2n) is 7.00. The lowest BCUT2D eigenvalue weighted by atomic mass is 10.1. The van der Waals surface area contributed by atoms with E-state index in [2.05, 4.69) is 27.4 Å². The van der Waals surface area contributed by atoms with E-state index >= 15 is 0 Å². The summed E-state index contributed by atoms with van der Waals surface area (Å²) in [7, 11) is -2.00. The van der Waals surface area contributed by atoms with E-state index < -0.39 is 20.5 Å². The van der Waals surface area contributed by atoms with E-state index in [1.54, 1.807) is 6.08 Å². The lowest BCUT2D eigenvalue weighted by Crippen LogP contribution is -2.50. The molecule has 148 valence electrons. The van der Waals surface area contributed by atoms with Crippen molar-refractivity contribution in [1.82, 2.24) is 4.90 Å². The fourth-order valence-corrected chi connectivity index (χ4v) is 6.38. The van der Waals surface area contributed by atoms with Crippen LogP contribution in [0.1, 0.15) is 32.8 Å². The number of carbonyl (C=O) groups excluding carboxylic acids is 2. The number of cyclic esters (lactones) is 1. The molecule has 0 unspecified atom stereocenters. The quantitative estimate of drug-likeness (QED) is 0.435. The predicted molar refractivity (Wildman–Crippen MR) is 109 cm³/mol. The first-order valence-corrected chi connectivity index (χ1v) is 12.4. The second-order valence-corrected chi connectivity index (χ2v) is 11.7. The molecule has 0 spiro atoms. The van der Waals surface area contributed by atoms with Crippen molar-refractivity contribution >= 4 is 20.3 Å². The first-order valence-electron chi connectivity index (χ1n) is 9.82. The predicted octanol–water partition coefficient (Wildman–Crippen LogP) is 4.54. The van der Waals surface area contributed by atoms with Gasteiger partial charge in [0.1, 0.15) is 12.7 Å². The zero-order chi connectivity index (χ0) is 19.9. The maximum atomic E-state index is 13.2. The summed E-state index contributed by atoms with van der Waals surface area (Å²) in [4.78, 5) is 26.8. The zero-order valence-electron chi connectivity index (χ0n) is 16.6. The smallest absolute Gasteiger partial charge is 0.417 e. The zero-order valence-corrected chi connectivity index (χ0v) is 17.6. The third-order valence-corrected chi connectivity index (χ3v) is 10.1. The van der Waals surface area contributed by atoms with Crippen molar-refractivity contribution in [3.63, 3.8) is 0 Å². The van der Waals surface area contributed by atoms with Crippen LogP contribution in [0.25, 0.3) is 0 Å². The molecule has 27 heavy (non-hydrogen) atoms. The minimum absolute atomic E-state index is 0.220. The fourth-order valence-electron chi connectivity index (χ4n) is 3.57. The molecule has 5 nitrogen and oxygen atoms in total. The Hall–Kier alpha value is -1.92. The molecule has 1 heterocycles. The molecule has 0 radical (unpaired) electrons. The van der Waals surface area contributed by atoms with Crippen LogP contribution in [-0.2, 0) is 20.4 Å². The molecule has 1 aromatic carbocycles. The highest BCUT2D eigenvalue weighted by atomic mass is 28.4. The van der Waals surface area contributed by atoms with Gasteiger partial charge in [0.25, 0.3) is 5.91 Å². The van der Waals surface area contributed by atoms with Crippen LogP contribution >= 0.6 is 0 Å². The summed E-state index contributed by atoms with van der Waals surface area (Å²) in [6.07, 6.45) is 1.43. The largest absolute Gasteiger partial charge is 0.447 e. The first-order chi connectivity index (χ1) is 13.0. The molecule has 0 aliphatic carbocycles. The third-order valence-electron chi connectivity index (χ3n) is 5.49. The van der Waals surface area contributed by atoms with Gasteiger partial charge >= 0.3 is 6.09 Å². The molecule has 1 aliphatic rings. The van der Waals surface area contributed by atoms with Crippen LogP contribution in [0.3, 0.4) is 0 Å². The van der Waals surface area contributed by atoms with Gasteiger partial charge in [-0.25, -0.2) is 9.69 Å². The summed E-state index contributed by atoms with van der Waals surface area (Å²) in [5, 5.41) is 0. The number of rotatable bonds is 10. The number of benzene rings is 1. The summed E-state index contributed by atoms with van der Waals surface area (Å²) < 4.78 is 11.6. The van der Waals surface area contributed by atoms with E-state index in [-0.39, 0.29) is 18.6 Å². The molecule has 2 amide bonds. The molecule has 2 rings (SSSR count). The van der Waals surface area contributed by atoms with Crippen molar-refractivity contribution in [2.24, 2.45) is 0 Å². The van der Waals surface area contributed by atoms with Gasteiger partial charge in [-0.05, 0) is 36.5 Å². The summed E-state index contributed by atoms with van der Waals surface area (Å²) in [5.74, 6) is -0.300. The molecular formula is C21H31NO4Si. The van der Waals surface area contributed by atoms with E-state index in [9.17, 15) is 9.59 Å². The molecule has 0 N–H and O–H groups in total. The van der Waals surface area contributed by atoms with Gasteiger partial charge in [0.05, 0.1) is 6.04 Å². The van der Waals surface area contributed by atoms with Gasteiger partial charge in [0.2, 0.25) is 0 Å². The average molecular weight is 390 g/mol. The van der Waals surface area contributed by atoms with Crippen molar-refractivity contribution in [3.8, 4) is 0 Å². The highest BCUT2D eigenvalue weighted by Crippen LogP contribution is 2.27. The summed E-state index contributed by atoms with van der Waals surface area (Å²) in [6.45, 7) is 10.4. The molecule has 1 aromatic rings. The van der Waals surface area contributed by atoms with Gasteiger partial charge < -0.3 is 9.16 Å². The SMILES string of the molecule is C=CC[C@@H](O[Si](CC)(CC)CC)C(=O)N1C(=O)OC[C@@H]1Cc1ccccc1. The Kier molecular flexibility index (Phi) is 7.80. The van der Waals surface area contributed by atoms with Crippen molar-refractivity contribution in [2.45, 2.75) is 63.9 Å². The van der Waals surface area contributed by atoms with Crippen LogP contribution in [-0.4, -0.2) is 44.0 Å². The third kappa shape index (κ3) is 5.08. The Labute approximate surface area is 163 Å². The van der Waals surface area contributed by atoms with Crippen molar-refractivity contribution in [2.75, 3.05) is 6.61 Å². The van der Waals surface area contributed by atoms with E-state index in [4.69, 9.17) is 9.16 Å². The van der Waals surface area contributed by atoms with Crippen molar-refractivity contribution in [1.29, 1.82) is 0 Å². The summed E-state index contributed by atoms with van der Waals surface area (Å²) in [5.41, 5.74) is 1.07. The van der Waals surface area contributed by atoms with Crippen LogP contribution in [0.2, 0.25) is 18.1 Å². The molecule has 0 aromatic heterocycles. The number of amides is 2. The van der Waals surface area contributed by atoms with Gasteiger partial charge in [-0.3, -0.25) is 4.79 Å². The van der Waals surface area contributed by atoms with Crippen LogP contribution < -0.4 is 0 Å². The number of hydrogen-bond acceptors (Lipinski definition) is 4. The normalized spacial score (nSPS) is 18.3. The Bertz CT molecular complexity index is 637. The maximum absolute atomic E-state index is 13.2. The van der Waals surface area contributed by atoms with Crippen LogP contribution in [0.4, 0.5) is 4.79 Å². The second kappa shape index (κ2) is 9.85. The van der Waals surface area contributed by atoms with Gasteiger partial charge in [0, 0.05) is 0 Å². The first kappa shape index (κ1) is 21.4. The minimum atomic E-state index is -2.00. The average Bonchev–Trinajstić information content (AvgIpc) is 3.06. The lowest BCUT2D eigenvalue weighted by Gasteiger charge is -2.34. The maximum Gasteiger partial charge on any atom is 0.417 e. The molecule has 1 aliphatic heterocycles. The van der Waals surface area contributed by atoms with Gasteiger partial charge in [-0.1, -0.05) is 57.2 Å². The van der Waals surface area contributed by atoms with Crippen LogP contribution in [0.15, 0.2) is 43.0 Å². The Morgan fingerprint density at radius 2 is 1.93 bits per heavy atom. The minimum Gasteiger partial charge on any atom is -0.447 e. The molecule has 1 fully saturated rings. The Balaban J connectivity index is 2.20. The van der Waals surface area contributed by atoms with Gasteiger partial charge in [-0.2, -0.15) is 0 Å². The Morgan fingerprint density at radius 3 is 2.48 bits per heavy atom. The van der Waals surface area contributed by atoms with Crippen molar-refractivity contribution in [3.05, 3.63) is 48.6 Å².